The minimum atomic E-state index is -4.50. The van der Waals surface area contributed by atoms with Gasteiger partial charge < -0.3 is 15.7 Å². The van der Waals surface area contributed by atoms with Gasteiger partial charge in [0.05, 0.1) is 0 Å². The van der Waals surface area contributed by atoms with Crippen molar-refractivity contribution in [1.82, 2.24) is 9.80 Å². The van der Waals surface area contributed by atoms with Gasteiger partial charge in [-0.25, -0.2) is 4.79 Å². The van der Waals surface area contributed by atoms with Crippen molar-refractivity contribution in [3.8, 4) is 0 Å². The first kappa shape index (κ1) is 17.8. The molecule has 3 aliphatic heterocycles. The van der Waals surface area contributed by atoms with E-state index in [0.29, 0.717) is 4.90 Å². The first-order valence-electron chi connectivity index (χ1n) is 7.33. The largest absolute Gasteiger partial charge is 0.477 e. The predicted molar refractivity (Wildman–Crippen MR) is 81.1 cm³/mol. The number of rotatable bonds is 3. The fourth-order valence-electron chi connectivity index (χ4n) is 3.03. The van der Waals surface area contributed by atoms with Crippen molar-refractivity contribution in [2.75, 3.05) is 18.8 Å². The molecule has 3 N–H and O–H groups in total. The van der Waals surface area contributed by atoms with Crippen LogP contribution in [0.15, 0.2) is 22.9 Å². The third-order valence-corrected chi connectivity index (χ3v) is 5.50. The Morgan fingerprint density at radius 3 is 2.68 bits per heavy atom. The third kappa shape index (κ3) is 3.13. The van der Waals surface area contributed by atoms with Crippen LogP contribution in [0.5, 0.6) is 0 Å². The number of carboxylic acid groups (broad SMARTS) is 1. The Kier molecular flexibility index (Phi) is 4.31. The molecule has 2 amide bonds. The molecule has 3 aliphatic rings. The smallest absolute Gasteiger partial charge is 0.406 e. The van der Waals surface area contributed by atoms with Gasteiger partial charge in [-0.15, -0.1) is 11.8 Å². The van der Waals surface area contributed by atoms with Gasteiger partial charge in [0.2, 0.25) is 11.8 Å². The summed E-state index contributed by atoms with van der Waals surface area (Å²) >= 11 is 1.26. The van der Waals surface area contributed by atoms with Crippen LogP contribution >= 0.6 is 11.8 Å². The van der Waals surface area contributed by atoms with Gasteiger partial charge in [0.15, 0.2) is 0 Å². The average molecular weight is 377 g/mol. The van der Waals surface area contributed by atoms with Crippen molar-refractivity contribution < 1.29 is 32.7 Å². The number of β-lactam (4-membered cyclic amide) rings is 1. The fraction of sp³-hybridized carbons (Fsp3) is 0.500. The van der Waals surface area contributed by atoms with Crippen LogP contribution in [0, 0.1) is 0 Å². The summed E-state index contributed by atoms with van der Waals surface area (Å²) in [6.07, 6.45) is -3.11. The van der Waals surface area contributed by atoms with Crippen LogP contribution in [0.1, 0.15) is 6.42 Å². The van der Waals surface area contributed by atoms with E-state index in [2.05, 4.69) is 0 Å². The first-order valence-corrected chi connectivity index (χ1v) is 8.38. The van der Waals surface area contributed by atoms with E-state index in [1.807, 2.05) is 0 Å². The molecule has 3 rings (SSSR count). The number of amides is 2. The quantitative estimate of drug-likeness (QED) is 0.541. The second kappa shape index (κ2) is 6.06. The van der Waals surface area contributed by atoms with Crippen molar-refractivity contribution in [3.05, 3.63) is 22.9 Å². The molecule has 136 valence electrons. The summed E-state index contributed by atoms with van der Waals surface area (Å²) in [4.78, 5) is 37.2. The van der Waals surface area contributed by atoms with E-state index in [1.165, 1.54) is 17.8 Å². The molecule has 7 nitrogen and oxygen atoms in total. The molecule has 3 heterocycles. The van der Waals surface area contributed by atoms with E-state index < -0.39 is 41.9 Å². The zero-order valence-corrected chi connectivity index (χ0v) is 13.6. The van der Waals surface area contributed by atoms with Crippen LogP contribution in [0.2, 0.25) is 0 Å². The van der Waals surface area contributed by atoms with Crippen LogP contribution in [-0.4, -0.2) is 69.1 Å². The minimum Gasteiger partial charge on any atom is -0.477 e. The number of nitrogens with two attached hydrogens (primary N) is 1. The van der Waals surface area contributed by atoms with Crippen molar-refractivity contribution in [3.63, 3.8) is 0 Å². The zero-order valence-electron chi connectivity index (χ0n) is 12.7. The molecule has 2 atom stereocenters. The second-order valence-corrected chi connectivity index (χ2v) is 6.98. The molecule has 0 aliphatic carbocycles. The second-order valence-electron chi connectivity index (χ2n) is 5.88. The van der Waals surface area contributed by atoms with E-state index in [1.54, 1.807) is 0 Å². The summed E-state index contributed by atoms with van der Waals surface area (Å²) in [5, 5.41) is 8.93. The minimum absolute atomic E-state index is 0.0802. The number of allylic oxidation sites excluding steroid dienone is 1. The highest BCUT2D eigenvalue weighted by molar-refractivity contribution is 8.00. The molecule has 11 heteroatoms. The highest BCUT2D eigenvalue weighted by Gasteiger charge is 2.51. The van der Waals surface area contributed by atoms with Crippen molar-refractivity contribution in [2.45, 2.75) is 24.0 Å². The van der Waals surface area contributed by atoms with E-state index in [-0.39, 0.29) is 35.6 Å². The number of aliphatic carboxylic acids is 1. The number of thioether (sulfide) groups is 1. The maximum absolute atomic E-state index is 12.5. The SMILES string of the molecule is NC1C(=O)N2C(C(=O)O)=C(/C=C3\CCN(CC(F)(F)F)C3=O)CSC12. The molecular weight excluding hydrogens is 363 g/mol. The Balaban J connectivity index is 1.88. The normalized spacial score (nSPS) is 28.6. The van der Waals surface area contributed by atoms with Crippen molar-refractivity contribution in [2.24, 2.45) is 5.73 Å². The lowest BCUT2D eigenvalue weighted by molar-refractivity contribution is -0.156. The summed E-state index contributed by atoms with van der Waals surface area (Å²) in [7, 11) is 0. The van der Waals surface area contributed by atoms with Crippen LogP contribution in [0.3, 0.4) is 0 Å². The lowest BCUT2D eigenvalue weighted by atomic mass is 10.0. The molecule has 25 heavy (non-hydrogen) atoms. The molecule has 2 unspecified atom stereocenters. The zero-order chi connectivity index (χ0) is 18.5. The van der Waals surface area contributed by atoms with Gasteiger partial charge in [-0.3, -0.25) is 14.5 Å². The summed E-state index contributed by atoms with van der Waals surface area (Å²) in [6, 6.07) is -0.774. The topological polar surface area (TPSA) is 104 Å². The van der Waals surface area contributed by atoms with Gasteiger partial charge in [-0.1, -0.05) is 0 Å². The predicted octanol–water partition coefficient (Wildman–Crippen LogP) is 0.288. The van der Waals surface area contributed by atoms with Crippen LogP contribution in [0.4, 0.5) is 13.2 Å². The molecular formula is C14H14F3N3O4S. The number of halogens is 3. The summed E-state index contributed by atoms with van der Waals surface area (Å²) in [5.41, 5.74) is 5.71. The molecule has 0 spiro atoms. The highest BCUT2D eigenvalue weighted by atomic mass is 32.2. The standard InChI is InChI=1S/C14H14F3N3O4S/c15-14(16,17)5-19-2-1-6(10(19)21)3-7-4-25-12-8(18)11(22)20(12)9(7)13(23)24/h3,8,12H,1-2,4-5,18H2,(H,23,24)/b6-3+. The number of carboxylic acids is 1. The Morgan fingerprint density at radius 2 is 2.08 bits per heavy atom. The number of hydrogen-bond acceptors (Lipinski definition) is 5. The first-order chi connectivity index (χ1) is 11.6. The van der Waals surface area contributed by atoms with E-state index in [9.17, 15) is 32.7 Å². The maximum atomic E-state index is 12.5. The Hall–Kier alpha value is -2.01. The van der Waals surface area contributed by atoms with Crippen LogP contribution in [0.25, 0.3) is 0 Å². The number of hydrogen-bond donors (Lipinski definition) is 2. The monoisotopic (exact) mass is 377 g/mol. The molecule has 0 aromatic heterocycles. The Bertz CT molecular complexity index is 719. The van der Waals surface area contributed by atoms with Crippen LogP contribution < -0.4 is 5.73 Å². The third-order valence-electron chi connectivity index (χ3n) is 4.17. The van der Waals surface area contributed by atoms with Gasteiger partial charge in [-0.2, -0.15) is 13.2 Å². The molecule has 0 aromatic rings. The highest BCUT2D eigenvalue weighted by Crippen LogP contribution is 2.40. The van der Waals surface area contributed by atoms with Gasteiger partial charge in [0, 0.05) is 17.9 Å². The maximum Gasteiger partial charge on any atom is 0.406 e. The molecule has 2 fully saturated rings. The van der Waals surface area contributed by atoms with E-state index in [0.717, 1.165) is 4.90 Å². The molecule has 0 aromatic carbocycles. The van der Waals surface area contributed by atoms with Crippen molar-refractivity contribution >= 4 is 29.5 Å². The summed E-state index contributed by atoms with van der Waals surface area (Å²) < 4.78 is 37.4. The number of fused-ring (bicyclic) bond motifs is 1. The lowest BCUT2D eigenvalue weighted by Crippen LogP contribution is -2.68. The summed E-state index contributed by atoms with van der Waals surface area (Å²) in [6.45, 7) is -1.42. The number of nitrogens with zero attached hydrogens (tertiary/aromatic N) is 2. The van der Waals surface area contributed by atoms with E-state index in [4.69, 9.17) is 5.73 Å². The fourth-order valence-corrected chi connectivity index (χ4v) is 4.28. The molecule has 2 saturated heterocycles. The number of likely N-dealkylation sites (tertiary alicyclic amines) is 1. The molecule has 0 bridgehead atoms. The number of alkyl halides is 3. The number of carbonyl (C=O) groups is 3. The van der Waals surface area contributed by atoms with Gasteiger partial charge >= 0.3 is 12.1 Å². The van der Waals surface area contributed by atoms with Crippen molar-refractivity contribution in [1.29, 1.82) is 0 Å². The van der Waals surface area contributed by atoms with E-state index >= 15 is 0 Å². The van der Waals surface area contributed by atoms with Crippen LogP contribution in [-0.2, 0) is 14.4 Å². The lowest BCUT2D eigenvalue weighted by Gasteiger charge is -2.47. The summed E-state index contributed by atoms with van der Waals surface area (Å²) in [5.74, 6) is -2.43. The van der Waals surface area contributed by atoms with Gasteiger partial charge in [0.1, 0.15) is 23.7 Å². The average Bonchev–Trinajstić information content (AvgIpc) is 2.84. The molecule has 0 radical (unpaired) electrons. The number of carbonyl (C=O) groups excluding carboxylic acids is 2. The van der Waals surface area contributed by atoms with Gasteiger partial charge in [0.25, 0.3) is 0 Å². The van der Waals surface area contributed by atoms with Gasteiger partial charge in [-0.05, 0) is 18.1 Å². The Morgan fingerprint density at radius 1 is 1.40 bits per heavy atom. The molecule has 0 saturated carbocycles. The Labute approximate surface area is 144 Å².